The fourth-order valence-electron chi connectivity index (χ4n) is 1.35. The minimum absolute atomic E-state index is 0.219. The fourth-order valence-corrected chi connectivity index (χ4v) is 3.67. The van der Waals surface area contributed by atoms with Crippen molar-refractivity contribution in [2.75, 3.05) is 26.3 Å². The van der Waals surface area contributed by atoms with Gasteiger partial charge in [0.15, 0.2) is 4.67 Å². The number of aliphatic hydroxyl groups is 2. The lowest BCUT2D eigenvalue weighted by Gasteiger charge is -2.19. The van der Waals surface area contributed by atoms with Crippen molar-refractivity contribution in [3.8, 4) is 0 Å². The lowest BCUT2D eigenvalue weighted by molar-refractivity contribution is 0.0661. The van der Waals surface area contributed by atoms with Crippen molar-refractivity contribution in [2.24, 2.45) is 0 Å². The zero-order valence-corrected chi connectivity index (χ0v) is 12.0. The van der Waals surface area contributed by atoms with Crippen molar-refractivity contribution in [3.63, 3.8) is 0 Å². The van der Waals surface area contributed by atoms with E-state index < -0.39 is 35.0 Å². The van der Waals surface area contributed by atoms with Crippen molar-refractivity contribution < 1.29 is 32.9 Å². The summed E-state index contributed by atoms with van der Waals surface area (Å²) in [5, 5.41) is 26.4. The molecule has 0 atom stereocenters. The van der Waals surface area contributed by atoms with Gasteiger partial charge >= 0.3 is 5.97 Å². The molecule has 0 amide bonds. The van der Waals surface area contributed by atoms with E-state index in [2.05, 4.69) is 15.9 Å². The number of hydrogen-bond donors (Lipinski definition) is 3. The van der Waals surface area contributed by atoms with Crippen LogP contribution >= 0.6 is 15.9 Å². The standard InChI is InChI=1S/C9H12BrNO7S/c10-8-7(5-6(18-8)9(14)15)19(16,17)11(1-3-12)2-4-13/h5,12-13H,1-4H2,(H,14,15). The Bertz CT molecular complexity index is 547. The van der Waals surface area contributed by atoms with Crippen LogP contribution < -0.4 is 0 Å². The molecule has 0 saturated carbocycles. The summed E-state index contributed by atoms with van der Waals surface area (Å²) in [4.78, 5) is 10.3. The van der Waals surface area contributed by atoms with Crippen LogP contribution in [0.3, 0.4) is 0 Å². The first-order valence-corrected chi connectivity index (χ1v) is 7.32. The predicted octanol–water partition coefficient (Wildman–Crippen LogP) is -0.284. The van der Waals surface area contributed by atoms with E-state index in [9.17, 15) is 13.2 Å². The predicted molar refractivity (Wildman–Crippen MR) is 66.3 cm³/mol. The maximum atomic E-state index is 12.2. The summed E-state index contributed by atoms with van der Waals surface area (Å²) in [5.74, 6) is -1.93. The first kappa shape index (κ1) is 16.1. The van der Waals surface area contributed by atoms with Crippen LogP contribution in [-0.4, -0.2) is 60.3 Å². The van der Waals surface area contributed by atoms with Crippen LogP contribution in [-0.2, 0) is 10.0 Å². The van der Waals surface area contributed by atoms with Crippen LogP contribution in [0.2, 0.25) is 0 Å². The molecule has 1 heterocycles. The highest BCUT2D eigenvalue weighted by Crippen LogP contribution is 2.28. The number of aliphatic hydroxyl groups excluding tert-OH is 2. The van der Waals surface area contributed by atoms with Crippen LogP contribution in [0, 0.1) is 0 Å². The Morgan fingerprint density at radius 2 is 1.84 bits per heavy atom. The molecule has 108 valence electrons. The quantitative estimate of drug-likeness (QED) is 0.611. The number of nitrogens with zero attached hydrogens (tertiary/aromatic N) is 1. The van der Waals surface area contributed by atoms with E-state index in [1.54, 1.807) is 0 Å². The summed E-state index contributed by atoms with van der Waals surface area (Å²) in [7, 11) is -4.06. The molecule has 0 aliphatic carbocycles. The van der Waals surface area contributed by atoms with Crippen LogP contribution in [0.1, 0.15) is 10.6 Å². The number of furan rings is 1. The van der Waals surface area contributed by atoms with Gasteiger partial charge in [0.05, 0.1) is 13.2 Å². The van der Waals surface area contributed by atoms with Crippen molar-refractivity contribution in [1.82, 2.24) is 4.31 Å². The summed E-state index contributed by atoms with van der Waals surface area (Å²) >= 11 is 2.83. The smallest absolute Gasteiger partial charge is 0.371 e. The number of carbonyl (C=O) groups is 1. The van der Waals surface area contributed by atoms with Gasteiger partial charge in [0.1, 0.15) is 4.90 Å². The Kier molecular flexibility index (Phi) is 5.50. The number of halogens is 1. The van der Waals surface area contributed by atoms with Crippen molar-refractivity contribution in [2.45, 2.75) is 4.90 Å². The molecule has 0 aliphatic rings. The number of rotatable bonds is 7. The van der Waals surface area contributed by atoms with Crippen molar-refractivity contribution >= 4 is 31.9 Å². The minimum Gasteiger partial charge on any atom is -0.475 e. The lowest BCUT2D eigenvalue weighted by Crippen LogP contribution is -2.35. The highest BCUT2D eigenvalue weighted by molar-refractivity contribution is 9.10. The maximum absolute atomic E-state index is 12.2. The van der Waals surface area contributed by atoms with Gasteiger partial charge in [-0.2, -0.15) is 4.31 Å². The molecule has 3 N–H and O–H groups in total. The molecule has 0 radical (unpaired) electrons. The third kappa shape index (κ3) is 3.54. The number of carboxylic acid groups (broad SMARTS) is 1. The zero-order valence-electron chi connectivity index (χ0n) is 9.61. The molecule has 0 spiro atoms. The van der Waals surface area contributed by atoms with E-state index >= 15 is 0 Å². The van der Waals surface area contributed by atoms with Crippen LogP contribution in [0.4, 0.5) is 0 Å². The van der Waals surface area contributed by atoms with Crippen molar-refractivity contribution in [3.05, 3.63) is 16.5 Å². The van der Waals surface area contributed by atoms with E-state index in [0.717, 1.165) is 10.4 Å². The van der Waals surface area contributed by atoms with Crippen molar-refractivity contribution in [1.29, 1.82) is 0 Å². The van der Waals surface area contributed by atoms with E-state index in [1.807, 2.05) is 0 Å². The second-order valence-electron chi connectivity index (χ2n) is 3.41. The van der Waals surface area contributed by atoms with Crippen LogP contribution in [0.25, 0.3) is 0 Å². The highest BCUT2D eigenvalue weighted by atomic mass is 79.9. The lowest BCUT2D eigenvalue weighted by atomic mass is 10.5. The molecule has 1 aromatic rings. The zero-order chi connectivity index (χ0) is 14.6. The maximum Gasteiger partial charge on any atom is 0.371 e. The van der Waals surface area contributed by atoms with Gasteiger partial charge in [-0.15, -0.1) is 0 Å². The van der Waals surface area contributed by atoms with Gasteiger partial charge in [-0.25, -0.2) is 13.2 Å². The molecule has 1 rings (SSSR count). The second-order valence-corrected chi connectivity index (χ2v) is 6.03. The normalized spacial score (nSPS) is 12.0. The summed E-state index contributed by atoms with van der Waals surface area (Å²) < 4.78 is 29.7. The first-order chi connectivity index (χ1) is 8.84. The summed E-state index contributed by atoms with van der Waals surface area (Å²) in [6.07, 6.45) is 0. The Hall–Kier alpha value is -0.940. The third-order valence-electron chi connectivity index (χ3n) is 2.18. The molecule has 0 aromatic carbocycles. The number of carboxylic acids is 1. The average Bonchev–Trinajstić information content (AvgIpc) is 2.72. The molecular weight excluding hydrogens is 346 g/mol. The summed E-state index contributed by atoms with van der Waals surface area (Å²) in [6.45, 7) is -1.30. The molecule has 0 saturated heterocycles. The van der Waals surface area contributed by atoms with Gasteiger partial charge in [-0.1, -0.05) is 0 Å². The molecule has 0 fully saturated rings. The van der Waals surface area contributed by atoms with Gasteiger partial charge in [0.25, 0.3) is 0 Å². The monoisotopic (exact) mass is 357 g/mol. The SMILES string of the molecule is O=C(O)c1cc(S(=O)(=O)N(CCO)CCO)c(Br)o1. The molecule has 10 heteroatoms. The minimum atomic E-state index is -4.06. The first-order valence-electron chi connectivity index (χ1n) is 5.09. The molecule has 19 heavy (non-hydrogen) atoms. The highest BCUT2D eigenvalue weighted by Gasteiger charge is 2.30. The largest absolute Gasteiger partial charge is 0.475 e. The number of hydrogen-bond acceptors (Lipinski definition) is 6. The van der Waals surface area contributed by atoms with Gasteiger partial charge in [-0.3, -0.25) is 0 Å². The third-order valence-corrected chi connectivity index (χ3v) is 4.94. The topological polar surface area (TPSA) is 128 Å². The van der Waals surface area contributed by atoms with Gasteiger partial charge < -0.3 is 19.7 Å². The Morgan fingerprint density at radius 1 is 1.32 bits per heavy atom. The Morgan fingerprint density at radius 3 is 2.21 bits per heavy atom. The molecule has 1 aromatic heterocycles. The van der Waals surface area contributed by atoms with Gasteiger partial charge in [0.2, 0.25) is 15.8 Å². The fraction of sp³-hybridized carbons (Fsp3) is 0.444. The second kappa shape index (κ2) is 6.48. The Balaban J connectivity index is 3.20. The molecule has 8 nitrogen and oxygen atoms in total. The molecule has 0 unspecified atom stereocenters. The number of sulfonamides is 1. The molecule has 0 bridgehead atoms. The average molecular weight is 358 g/mol. The summed E-state index contributed by atoms with van der Waals surface area (Å²) in [6, 6.07) is 0.865. The van der Waals surface area contributed by atoms with E-state index in [-0.39, 0.29) is 22.7 Å². The van der Waals surface area contributed by atoms with E-state index in [1.165, 1.54) is 0 Å². The van der Waals surface area contributed by atoms with E-state index in [0.29, 0.717) is 0 Å². The molecule has 0 aliphatic heterocycles. The van der Waals surface area contributed by atoms with Crippen LogP contribution in [0.5, 0.6) is 0 Å². The van der Waals surface area contributed by atoms with E-state index in [4.69, 9.17) is 19.7 Å². The molecular formula is C9H12BrNO7S. The Labute approximate surface area is 117 Å². The summed E-state index contributed by atoms with van der Waals surface area (Å²) in [5.41, 5.74) is 0. The van der Waals surface area contributed by atoms with Crippen LogP contribution in [0.15, 0.2) is 20.0 Å². The van der Waals surface area contributed by atoms with Gasteiger partial charge in [-0.05, 0) is 15.9 Å². The number of aromatic carboxylic acids is 1. The van der Waals surface area contributed by atoms with Gasteiger partial charge in [0, 0.05) is 19.2 Å².